The third-order valence-electron chi connectivity index (χ3n) is 6.01. The highest BCUT2D eigenvalue weighted by molar-refractivity contribution is 7.80. The normalized spacial score (nSPS) is 14.1. The van der Waals surface area contributed by atoms with E-state index in [0.717, 1.165) is 24.3 Å². The Labute approximate surface area is 219 Å². The molecule has 0 unspecified atom stereocenters. The minimum absolute atomic E-state index is 0.133. The SMILES string of the molecule is Cc1cccc(Oc2ccc(C3(NC(N)=S)CCCCC3)cc2)c1.NC(=S)NCc1ccccc1. The zero-order valence-corrected chi connectivity index (χ0v) is 21.8. The van der Waals surface area contributed by atoms with E-state index in [2.05, 4.69) is 48.0 Å². The molecule has 3 aromatic carbocycles. The topological polar surface area (TPSA) is 85.3 Å². The van der Waals surface area contributed by atoms with Gasteiger partial charge in [0, 0.05) is 6.54 Å². The van der Waals surface area contributed by atoms with Gasteiger partial charge in [0.15, 0.2) is 10.2 Å². The number of aryl methyl sites for hydroxylation is 1. The van der Waals surface area contributed by atoms with Gasteiger partial charge in [-0.25, -0.2) is 0 Å². The van der Waals surface area contributed by atoms with Crippen molar-refractivity contribution in [2.45, 2.75) is 51.1 Å². The molecule has 7 heteroatoms. The van der Waals surface area contributed by atoms with Crippen molar-refractivity contribution in [2.75, 3.05) is 0 Å². The average Bonchev–Trinajstić information content (AvgIpc) is 2.84. The monoisotopic (exact) mass is 506 g/mol. The zero-order valence-electron chi connectivity index (χ0n) is 20.1. The summed E-state index contributed by atoms with van der Waals surface area (Å²) < 4.78 is 5.94. The van der Waals surface area contributed by atoms with Crippen molar-refractivity contribution in [2.24, 2.45) is 11.5 Å². The first kappa shape index (κ1) is 26.4. The summed E-state index contributed by atoms with van der Waals surface area (Å²) in [5.41, 5.74) is 14.5. The highest BCUT2D eigenvalue weighted by Crippen LogP contribution is 2.38. The first-order chi connectivity index (χ1) is 16.9. The highest BCUT2D eigenvalue weighted by Gasteiger charge is 2.34. The lowest BCUT2D eigenvalue weighted by Crippen LogP contribution is -2.49. The third kappa shape index (κ3) is 8.53. The second kappa shape index (κ2) is 13.1. The van der Waals surface area contributed by atoms with Crippen LogP contribution in [0.2, 0.25) is 0 Å². The van der Waals surface area contributed by atoms with Gasteiger partial charge in [0.25, 0.3) is 0 Å². The summed E-state index contributed by atoms with van der Waals surface area (Å²) in [6, 6.07) is 26.3. The van der Waals surface area contributed by atoms with Gasteiger partial charge in [0.1, 0.15) is 11.5 Å². The fourth-order valence-corrected chi connectivity index (χ4v) is 4.59. The molecule has 184 valence electrons. The largest absolute Gasteiger partial charge is 0.457 e. The Morgan fingerprint density at radius 3 is 2.11 bits per heavy atom. The van der Waals surface area contributed by atoms with Crippen LogP contribution in [-0.2, 0) is 12.1 Å². The van der Waals surface area contributed by atoms with E-state index < -0.39 is 0 Å². The lowest BCUT2D eigenvalue weighted by Gasteiger charge is -2.39. The van der Waals surface area contributed by atoms with E-state index in [1.165, 1.54) is 36.0 Å². The molecule has 0 radical (unpaired) electrons. The van der Waals surface area contributed by atoms with Gasteiger partial charge in [-0.1, -0.05) is 73.9 Å². The predicted octanol–water partition coefficient (Wildman–Crippen LogP) is 5.80. The highest BCUT2D eigenvalue weighted by atomic mass is 32.1. The van der Waals surface area contributed by atoms with Crippen LogP contribution >= 0.6 is 24.4 Å². The molecule has 5 nitrogen and oxygen atoms in total. The second-order valence-electron chi connectivity index (χ2n) is 8.78. The van der Waals surface area contributed by atoms with E-state index in [4.69, 9.17) is 28.4 Å². The number of nitrogens with one attached hydrogen (secondary N) is 2. The molecule has 0 aromatic heterocycles. The zero-order chi connectivity index (χ0) is 25.1. The number of hydrogen-bond donors (Lipinski definition) is 4. The van der Waals surface area contributed by atoms with Crippen LogP contribution < -0.4 is 26.8 Å². The smallest absolute Gasteiger partial charge is 0.164 e. The van der Waals surface area contributed by atoms with Crippen molar-refractivity contribution >= 4 is 34.7 Å². The summed E-state index contributed by atoms with van der Waals surface area (Å²) >= 11 is 9.78. The van der Waals surface area contributed by atoms with Crippen LogP contribution in [0.1, 0.15) is 48.8 Å². The summed E-state index contributed by atoms with van der Waals surface area (Å²) in [7, 11) is 0. The molecule has 1 aliphatic rings. The van der Waals surface area contributed by atoms with Gasteiger partial charge < -0.3 is 26.8 Å². The summed E-state index contributed by atoms with van der Waals surface area (Å²) in [6.07, 6.45) is 5.77. The molecule has 1 saturated carbocycles. The first-order valence-electron chi connectivity index (χ1n) is 11.9. The Morgan fingerprint density at radius 2 is 1.51 bits per heavy atom. The number of thiocarbonyl (C=S) groups is 2. The molecule has 35 heavy (non-hydrogen) atoms. The molecule has 4 rings (SSSR count). The lowest BCUT2D eigenvalue weighted by atomic mass is 9.76. The number of ether oxygens (including phenoxy) is 1. The standard InChI is InChI=1S/C20H24N2OS.C8H10N2S/c1-15-6-5-7-18(14-15)23-17-10-8-16(9-11-17)20(22-19(21)24)12-3-2-4-13-20;9-8(11)10-6-7-4-2-1-3-5-7/h5-11,14H,2-4,12-13H2,1H3,(H3,21,22,24);1-5H,6H2,(H3,9,10,11). The second-order valence-corrected chi connectivity index (χ2v) is 9.66. The molecule has 3 aromatic rings. The van der Waals surface area contributed by atoms with E-state index in [0.29, 0.717) is 16.8 Å². The minimum atomic E-state index is -0.133. The van der Waals surface area contributed by atoms with Crippen LogP contribution in [0, 0.1) is 6.92 Å². The summed E-state index contributed by atoms with van der Waals surface area (Å²) in [5, 5.41) is 6.94. The molecule has 0 spiro atoms. The van der Waals surface area contributed by atoms with Crippen molar-refractivity contribution in [3.05, 3.63) is 95.6 Å². The van der Waals surface area contributed by atoms with Crippen LogP contribution in [0.3, 0.4) is 0 Å². The molecule has 0 saturated heterocycles. The predicted molar refractivity (Wildman–Crippen MR) is 152 cm³/mol. The molecule has 1 fully saturated rings. The van der Waals surface area contributed by atoms with Gasteiger partial charge >= 0.3 is 0 Å². The molecule has 1 aliphatic carbocycles. The van der Waals surface area contributed by atoms with Crippen LogP contribution in [0.15, 0.2) is 78.9 Å². The number of hydrogen-bond acceptors (Lipinski definition) is 3. The molecule has 0 amide bonds. The van der Waals surface area contributed by atoms with Gasteiger partial charge in [0.2, 0.25) is 0 Å². The summed E-state index contributed by atoms with van der Waals surface area (Å²) in [4.78, 5) is 0. The molecular weight excluding hydrogens is 472 g/mol. The van der Waals surface area contributed by atoms with Crippen LogP contribution in [0.4, 0.5) is 0 Å². The van der Waals surface area contributed by atoms with Gasteiger partial charge in [-0.3, -0.25) is 0 Å². The van der Waals surface area contributed by atoms with Crippen LogP contribution in [0.5, 0.6) is 11.5 Å². The molecule has 0 bridgehead atoms. The molecule has 0 atom stereocenters. The fourth-order valence-electron chi connectivity index (χ4n) is 4.32. The van der Waals surface area contributed by atoms with E-state index in [1.807, 2.05) is 60.7 Å². The maximum absolute atomic E-state index is 5.94. The Kier molecular flexibility index (Phi) is 9.87. The average molecular weight is 507 g/mol. The van der Waals surface area contributed by atoms with E-state index in [9.17, 15) is 0 Å². The van der Waals surface area contributed by atoms with Gasteiger partial charge in [-0.15, -0.1) is 0 Å². The van der Waals surface area contributed by atoms with Crippen molar-refractivity contribution in [3.8, 4) is 11.5 Å². The Hall–Kier alpha value is -3.16. The van der Waals surface area contributed by atoms with Crippen molar-refractivity contribution in [3.63, 3.8) is 0 Å². The van der Waals surface area contributed by atoms with Gasteiger partial charge in [-0.2, -0.15) is 0 Å². The number of nitrogens with two attached hydrogens (primary N) is 2. The van der Waals surface area contributed by atoms with E-state index in [1.54, 1.807) is 0 Å². The van der Waals surface area contributed by atoms with Gasteiger partial charge in [-0.05, 0) is 85.2 Å². The molecule has 6 N–H and O–H groups in total. The Bertz CT molecular complexity index is 1100. The lowest BCUT2D eigenvalue weighted by molar-refractivity contribution is 0.270. The van der Waals surface area contributed by atoms with Gasteiger partial charge in [0.05, 0.1) is 5.54 Å². The third-order valence-corrected chi connectivity index (χ3v) is 6.26. The van der Waals surface area contributed by atoms with Crippen molar-refractivity contribution in [1.82, 2.24) is 10.6 Å². The van der Waals surface area contributed by atoms with Crippen molar-refractivity contribution < 1.29 is 4.74 Å². The Morgan fingerprint density at radius 1 is 0.829 bits per heavy atom. The van der Waals surface area contributed by atoms with Crippen LogP contribution in [0.25, 0.3) is 0 Å². The fraction of sp³-hybridized carbons (Fsp3) is 0.286. The maximum atomic E-state index is 5.94. The minimum Gasteiger partial charge on any atom is -0.457 e. The first-order valence-corrected chi connectivity index (χ1v) is 12.7. The molecule has 0 aliphatic heterocycles. The van der Waals surface area contributed by atoms with E-state index >= 15 is 0 Å². The number of benzene rings is 3. The van der Waals surface area contributed by atoms with Crippen LogP contribution in [-0.4, -0.2) is 10.2 Å². The summed E-state index contributed by atoms with van der Waals surface area (Å²) in [6.45, 7) is 2.76. The molecule has 0 heterocycles. The van der Waals surface area contributed by atoms with E-state index in [-0.39, 0.29) is 5.54 Å². The quantitative estimate of drug-likeness (QED) is 0.314. The maximum Gasteiger partial charge on any atom is 0.164 e. The van der Waals surface area contributed by atoms with Crippen molar-refractivity contribution in [1.29, 1.82) is 0 Å². The Balaban J connectivity index is 0.000000261. The number of rotatable bonds is 6. The molecular formula is C28H34N4OS2. The summed E-state index contributed by atoms with van der Waals surface area (Å²) in [5.74, 6) is 1.70.